The predicted octanol–water partition coefficient (Wildman–Crippen LogP) is 1.93. The summed E-state index contributed by atoms with van der Waals surface area (Å²) in [7, 11) is 0. The zero-order valence-electron chi connectivity index (χ0n) is 14.6. The summed E-state index contributed by atoms with van der Waals surface area (Å²) in [5.41, 5.74) is 2.25. The highest BCUT2D eigenvalue weighted by molar-refractivity contribution is 6.00. The Morgan fingerprint density at radius 3 is 2.89 bits per heavy atom. The number of amides is 2. The molecular formula is C19H18N4O4. The number of likely N-dealkylation sites (tertiary alicyclic amines) is 1. The number of aromatic nitrogens is 1. The van der Waals surface area contributed by atoms with E-state index in [0.29, 0.717) is 31.7 Å². The van der Waals surface area contributed by atoms with Crippen LogP contribution < -0.4 is 4.90 Å². The van der Waals surface area contributed by atoms with E-state index in [9.17, 15) is 19.7 Å². The fourth-order valence-electron chi connectivity index (χ4n) is 3.71. The van der Waals surface area contributed by atoms with Gasteiger partial charge in [-0.25, -0.2) is 0 Å². The molecule has 1 saturated heterocycles. The normalized spacial score (nSPS) is 18.7. The molecule has 4 rings (SSSR count). The molecule has 1 atom stereocenters. The maximum atomic E-state index is 13.0. The number of anilines is 1. The summed E-state index contributed by atoms with van der Waals surface area (Å²) in [6.45, 7) is 1.21. The van der Waals surface area contributed by atoms with Gasteiger partial charge in [0.05, 0.1) is 28.8 Å². The maximum Gasteiger partial charge on any atom is 0.271 e. The number of pyridine rings is 1. The second-order valence-electron chi connectivity index (χ2n) is 6.81. The maximum absolute atomic E-state index is 13.0. The van der Waals surface area contributed by atoms with Crippen molar-refractivity contribution in [2.75, 3.05) is 18.0 Å². The fourth-order valence-corrected chi connectivity index (χ4v) is 3.71. The van der Waals surface area contributed by atoms with Crippen LogP contribution in [0.1, 0.15) is 17.7 Å². The Kier molecular flexibility index (Phi) is 4.31. The molecule has 0 saturated carbocycles. The van der Waals surface area contributed by atoms with E-state index in [4.69, 9.17) is 0 Å². The van der Waals surface area contributed by atoms with Gasteiger partial charge in [-0.15, -0.1) is 0 Å². The molecule has 2 aromatic rings. The minimum atomic E-state index is -0.463. The zero-order valence-corrected chi connectivity index (χ0v) is 14.6. The summed E-state index contributed by atoms with van der Waals surface area (Å²) >= 11 is 0. The van der Waals surface area contributed by atoms with Gasteiger partial charge in [-0.1, -0.05) is 12.1 Å². The van der Waals surface area contributed by atoms with Crippen LogP contribution >= 0.6 is 0 Å². The van der Waals surface area contributed by atoms with Crippen molar-refractivity contribution in [3.8, 4) is 0 Å². The van der Waals surface area contributed by atoms with Crippen LogP contribution in [0, 0.1) is 16.0 Å². The molecule has 27 heavy (non-hydrogen) atoms. The van der Waals surface area contributed by atoms with Crippen molar-refractivity contribution in [2.24, 2.45) is 5.92 Å². The molecule has 8 heteroatoms. The molecule has 0 aliphatic carbocycles. The van der Waals surface area contributed by atoms with Crippen LogP contribution in [0.3, 0.4) is 0 Å². The molecule has 1 unspecified atom stereocenters. The number of hydrogen-bond donors (Lipinski definition) is 0. The molecule has 0 N–H and O–H groups in total. The van der Waals surface area contributed by atoms with Gasteiger partial charge in [-0.05, 0) is 24.1 Å². The Morgan fingerprint density at radius 1 is 1.30 bits per heavy atom. The molecule has 2 amide bonds. The van der Waals surface area contributed by atoms with Gasteiger partial charge in [0, 0.05) is 37.8 Å². The fraction of sp³-hybridized carbons (Fsp3) is 0.316. The number of nitrogens with zero attached hydrogens (tertiary/aromatic N) is 4. The van der Waals surface area contributed by atoms with Gasteiger partial charge in [-0.2, -0.15) is 0 Å². The Labute approximate surface area is 155 Å². The zero-order chi connectivity index (χ0) is 19.0. The van der Waals surface area contributed by atoms with Crippen LogP contribution in [-0.2, 0) is 22.6 Å². The minimum absolute atomic E-state index is 0.0345. The van der Waals surface area contributed by atoms with E-state index in [1.807, 2.05) is 18.2 Å². The summed E-state index contributed by atoms with van der Waals surface area (Å²) in [5.74, 6) is -0.657. The number of carbonyl (C=O) groups is 2. The monoisotopic (exact) mass is 366 g/mol. The van der Waals surface area contributed by atoms with E-state index < -0.39 is 10.8 Å². The molecule has 0 radical (unpaired) electrons. The number of nitro benzene ring substituents is 1. The number of nitro groups is 1. The molecule has 0 spiro atoms. The lowest BCUT2D eigenvalue weighted by atomic mass is 10.1. The van der Waals surface area contributed by atoms with Crippen molar-refractivity contribution in [1.82, 2.24) is 9.88 Å². The first-order valence-corrected chi connectivity index (χ1v) is 8.79. The van der Waals surface area contributed by atoms with E-state index in [0.717, 1.165) is 11.3 Å². The first-order chi connectivity index (χ1) is 13.0. The lowest BCUT2D eigenvalue weighted by Gasteiger charge is -2.21. The summed E-state index contributed by atoms with van der Waals surface area (Å²) in [6, 6.07) is 10.1. The lowest BCUT2D eigenvalue weighted by Crippen LogP contribution is -2.36. The second kappa shape index (κ2) is 6.79. The van der Waals surface area contributed by atoms with Crippen molar-refractivity contribution in [1.29, 1.82) is 0 Å². The molecule has 2 aliphatic rings. The Hall–Kier alpha value is -3.29. The van der Waals surface area contributed by atoms with Gasteiger partial charge in [0.15, 0.2) is 0 Å². The summed E-state index contributed by atoms with van der Waals surface area (Å²) < 4.78 is 0. The SMILES string of the molecule is O=C1CC(C(=O)N2CCc3ccc([N+](=O)[O-])cc32)CN1Cc1ccccn1. The Morgan fingerprint density at radius 2 is 2.15 bits per heavy atom. The van der Waals surface area contributed by atoms with E-state index in [2.05, 4.69) is 4.98 Å². The van der Waals surface area contributed by atoms with Crippen LogP contribution in [0.5, 0.6) is 0 Å². The highest BCUT2D eigenvalue weighted by Gasteiger charge is 2.39. The average molecular weight is 366 g/mol. The van der Waals surface area contributed by atoms with Gasteiger partial charge < -0.3 is 9.80 Å². The van der Waals surface area contributed by atoms with E-state index in [-0.39, 0.29) is 23.9 Å². The molecule has 0 bridgehead atoms. The molecular weight excluding hydrogens is 348 g/mol. The van der Waals surface area contributed by atoms with Crippen molar-refractivity contribution >= 4 is 23.2 Å². The standard InChI is InChI=1S/C19H18N4O4/c24-18-9-14(11-21(18)12-15-3-1-2-7-20-15)19(25)22-8-6-13-4-5-16(23(26)27)10-17(13)22/h1-5,7,10,14H,6,8-9,11-12H2. The van der Waals surface area contributed by atoms with Gasteiger partial charge in [0.25, 0.3) is 5.69 Å². The third-order valence-corrected chi connectivity index (χ3v) is 5.08. The number of non-ortho nitro benzene ring substituents is 1. The van der Waals surface area contributed by atoms with Crippen LogP contribution in [0.4, 0.5) is 11.4 Å². The number of carbonyl (C=O) groups excluding carboxylic acids is 2. The molecule has 1 fully saturated rings. The van der Waals surface area contributed by atoms with E-state index >= 15 is 0 Å². The largest absolute Gasteiger partial charge is 0.336 e. The van der Waals surface area contributed by atoms with Crippen molar-refractivity contribution in [3.05, 3.63) is 64.0 Å². The minimum Gasteiger partial charge on any atom is -0.336 e. The third-order valence-electron chi connectivity index (χ3n) is 5.08. The number of benzene rings is 1. The van der Waals surface area contributed by atoms with Crippen molar-refractivity contribution < 1.29 is 14.5 Å². The van der Waals surface area contributed by atoms with Crippen LogP contribution in [-0.4, -0.2) is 39.7 Å². The Bertz CT molecular complexity index is 915. The number of hydrogen-bond acceptors (Lipinski definition) is 5. The number of rotatable bonds is 4. The first kappa shape index (κ1) is 17.1. The van der Waals surface area contributed by atoms with Crippen LogP contribution in [0.25, 0.3) is 0 Å². The molecule has 2 aliphatic heterocycles. The van der Waals surface area contributed by atoms with E-state index in [1.165, 1.54) is 12.1 Å². The molecule has 3 heterocycles. The summed E-state index contributed by atoms with van der Waals surface area (Å²) in [5, 5.41) is 11.0. The first-order valence-electron chi connectivity index (χ1n) is 8.79. The predicted molar refractivity (Wildman–Crippen MR) is 96.9 cm³/mol. The Balaban J connectivity index is 1.49. The summed E-state index contributed by atoms with van der Waals surface area (Å²) in [4.78, 5) is 43.4. The van der Waals surface area contributed by atoms with Crippen molar-refractivity contribution in [2.45, 2.75) is 19.4 Å². The van der Waals surface area contributed by atoms with Crippen LogP contribution in [0.2, 0.25) is 0 Å². The second-order valence-corrected chi connectivity index (χ2v) is 6.81. The van der Waals surface area contributed by atoms with Crippen LogP contribution in [0.15, 0.2) is 42.6 Å². The molecule has 1 aromatic heterocycles. The van der Waals surface area contributed by atoms with Gasteiger partial charge in [0.2, 0.25) is 11.8 Å². The highest BCUT2D eigenvalue weighted by Crippen LogP contribution is 2.34. The van der Waals surface area contributed by atoms with Gasteiger partial charge in [-0.3, -0.25) is 24.7 Å². The summed E-state index contributed by atoms with van der Waals surface area (Å²) in [6.07, 6.45) is 2.50. The third kappa shape index (κ3) is 3.25. The van der Waals surface area contributed by atoms with E-state index in [1.54, 1.807) is 22.1 Å². The van der Waals surface area contributed by atoms with Crippen molar-refractivity contribution in [3.63, 3.8) is 0 Å². The molecule has 138 valence electrons. The number of fused-ring (bicyclic) bond motifs is 1. The average Bonchev–Trinajstić information content (AvgIpc) is 3.25. The smallest absolute Gasteiger partial charge is 0.271 e. The molecule has 8 nitrogen and oxygen atoms in total. The van der Waals surface area contributed by atoms with Gasteiger partial charge >= 0.3 is 0 Å². The van der Waals surface area contributed by atoms with Gasteiger partial charge in [0.1, 0.15) is 0 Å². The highest BCUT2D eigenvalue weighted by atomic mass is 16.6. The quantitative estimate of drug-likeness (QED) is 0.608. The molecule has 1 aromatic carbocycles. The topological polar surface area (TPSA) is 96.6 Å². The lowest BCUT2D eigenvalue weighted by molar-refractivity contribution is -0.384.